The Morgan fingerprint density at radius 1 is 1.56 bits per heavy atom. The van der Waals surface area contributed by atoms with Gasteiger partial charge < -0.3 is 10.4 Å². The van der Waals surface area contributed by atoms with E-state index in [9.17, 15) is 5.11 Å². The minimum atomic E-state index is 0.196. The highest BCUT2D eigenvalue weighted by molar-refractivity contribution is 5.24. The summed E-state index contributed by atoms with van der Waals surface area (Å²) in [6.45, 7) is 4.60. The number of hydrogen-bond acceptors (Lipinski definition) is 3. The lowest BCUT2D eigenvalue weighted by Gasteiger charge is -2.28. The lowest BCUT2D eigenvalue weighted by Crippen LogP contribution is -2.38. The Hall–Kier alpha value is -0.870. The Morgan fingerprint density at radius 3 is 3.00 bits per heavy atom. The molecule has 102 valence electrons. The molecule has 2 rings (SSSR count). The monoisotopic (exact) mass is 251 g/mol. The van der Waals surface area contributed by atoms with Crippen molar-refractivity contribution < 1.29 is 5.11 Å². The Balaban J connectivity index is 2.06. The largest absolute Gasteiger partial charge is 0.395 e. The van der Waals surface area contributed by atoms with E-state index in [4.69, 9.17) is 0 Å². The van der Waals surface area contributed by atoms with Crippen LogP contribution in [0.25, 0.3) is 0 Å². The van der Waals surface area contributed by atoms with Crippen molar-refractivity contribution >= 4 is 0 Å². The highest BCUT2D eigenvalue weighted by Gasteiger charge is 2.25. The van der Waals surface area contributed by atoms with Crippen LogP contribution in [0.4, 0.5) is 0 Å². The van der Waals surface area contributed by atoms with E-state index in [0.29, 0.717) is 12.0 Å². The van der Waals surface area contributed by atoms with E-state index >= 15 is 0 Å². The van der Waals surface area contributed by atoms with Crippen LogP contribution in [0.3, 0.4) is 0 Å². The average molecular weight is 251 g/mol. The number of aromatic nitrogens is 2. The molecule has 0 radical (unpaired) electrons. The van der Waals surface area contributed by atoms with E-state index in [0.717, 1.165) is 19.3 Å². The first-order valence-corrected chi connectivity index (χ1v) is 6.99. The van der Waals surface area contributed by atoms with Gasteiger partial charge in [0.15, 0.2) is 0 Å². The van der Waals surface area contributed by atoms with E-state index in [2.05, 4.69) is 24.3 Å². The van der Waals surface area contributed by atoms with Crippen LogP contribution in [-0.2, 0) is 13.5 Å². The van der Waals surface area contributed by atoms with Gasteiger partial charge in [-0.1, -0.05) is 13.8 Å². The molecule has 1 aliphatic rings. The van der Waals surface area contributed by atoms with Gasteiger partial charge in [0.1, 0.15) is 0 Å². The zero-order chi connectivity index (χ0) is 13.1. The molecule has 4 heteroatoms. The first kappa shape index (κ1) is 13.6. The van der Waals surface area contributed by atoms with Crippen LogP contribution in [0.5, 0.6) is 0 Å². The van der Waals surface area contributed by atoms with Crippen molar-refractivity contribution in [3.63, 3.8) is 0 Å². The Morgan fingerprint density at radius 2 is 2.33 bits per heavy atom. The zero-order valence-corrected chi connectivity index (χ0v) is 11.7. The quantitative estimate of drug-likeness (QED) is 0.839. The van der Waals surface area contributed by atoms with Crippen LogP contribution in [0.1, 0.15) is 50.4 Å². The standard InChI is InChI=1S/C14H25N3O/c1-10(2)7-11(9-18)16-13-5-4-6-14-12(13)8-15-17(14)3/h8,10-11,13,16,18H,4-7,9H2,1-3H3. The molecular formula is C14H25N3O. The van der Waals surface area contributed by atoms with Crippen LogP contribution >= 0.6 is 0 Å². The third-order valence-corrected chi connectivity index (χ3v) is 3.79. The van der Waals surface area contributed by atoms with Crippen molar-refractivity contribution in [1.29, 1.82) is 0 Å². The summed E-state index contributed by atoms with van der Waals surface area (Å²) in [6.07, 6.45) is 6.47. The molecule has 1 aliphatic carbocycles. The van der Waals surface area contributed by atoms with E-state index in [-0.39, 0.29) is 12.6 Å². The Labute approximate surface area is 109 Å². The van der Waals surface area contributed by atoms with Crippen LogP contribution in [0.2, 0.25) is 0 Å². The minimum Gasteiger partial charge on any atom is -0.395 e. The van der Waals surface area contributed by atoms with Gasteiger partial charge in [0.25, 0.3) is 0 Å². The summed E-state index contributed by atoms with van der Waals surface area (Å²) in [4.78, 5) is 0. The van der Waals surface area contributed by atoms with Gasteiger partial charge in [-0.15, -0.1) is 0 Å². The van der Waals surface area contributed by atoms with E-state index in [1.165, 1.54) is 17.7 Å². The third kappa shape index (κ3) is 2.93. The van der Waals surface area contributed by atoms with Gasteiger partial charge >= 0.3 is 0 Å². The molecule has 0 spiro atoms. The van der Waals surface area contributed by atoms with Crippen molar-refractivity contribution in [1.82, 2.24) is 15.1 Å². The number of hydrogen-bond donors (Lipinski definition) is 2. The fourth-order valence-corrected chi connectivity index (χ4v) is 2.93. The lowest BCUT2D eigenvalue weighted by atomic mass is 9.91. The molecule has 2 atom stereocenters. The van der Waals surface area contributed by atoms with E-state index in [1.807, 2.05) is 17.9 Å². The molecule has 2 N–H and O–H groups in total. The van der Waals surface area contributed by atoms with Gasteiger partial charge in [-0.05, 0) is 31.6 Å². The highest BCUT2D eigenvalue weighted by Crippen LogP contribution is 2.29. The van der Waals surface area contributed by atoms with Crippen LogP contribution < -0.4 is 5.32 Å². The predicted octanol–water partition coefficient (Wildman–Crippen LogP) is 1.79. The van der Waals surface area contributed by atoms with Gasteiger partial charge in [0, 0.05) is 30.4 Å². The van der Waals surface area contributed by atoms with Gasteiger partial charge in [-0.2, -0.15) is 5.10 Å². The Bertz CT molecular complexity index is 386. The summed E-state index contributed by atoms with van der Waals surface area (Å²) in [7, 11) is 2.01. The molecule has 0 bridgehead atoms. The topological polar surface area (TPSA) is 50.1 Å². The maximum Gasteiger partial charge on any atom is 0.0584 e. The van der Waals surface area contributed by atoms with E-state index < -0.39 is 0 Å². The molecule has 0 saturated carbocycles. The smallest absolute Gasteiger partial charge is 0.0584 e. The molecule has 18 heavy (non-hydrogen) atoms. The molecule has 1 aromatic heterocycles. The fraction of sp³-hybridized carbons (Fsp3) is 0.786. The van der Waals surface area contributed by atoms with Crippen molar-refractivity contribution in [3.05, 3.63) is 17.5 Å². The molecule has 1 heterocycles. The summed E-state index contributed by atoms with van der Waals surface area (Å²) in [6, 6.07) is 0.555. The molecule has 2 unspecified atom stereocenters. The van der Waals surface area contributed by atoms with Crippen molar-refractivity contribution in [3.8, 4) is 0 Å². The molecule has 1 aromatic rings. The molecule has 0 aromatic carbocycles. The van der Waals surface area contributed by atoms with Gasteiger partial charge in [-0.25, -0.2) is 0 Å². The average Bonchev–Trinajstić information content (AvgIpc) is 2.71. The van der Waals surface area contributed by atoms with E-state index in [1.54, 1.807) is 0 Å². The van der Waals surface area contributed by atoms with Crippen LogP contribution in [-0.4, -0.2) is 27.5 Å². The van der Waals surface area contributed by atoms with Gasteiger partial charge in [0.2, 0.25) is 0 Å². The summed E-state index contributed by atoms with van der Waals surface area (Å²) in [5.74, 6) is 0.603. The number of nitrogens with zero attached hydrogens (tertiary/aromatic N) is 2. The lowest BCUT2D eigenvalue weighted by molar-refractivity contribution is 0.208. The SMILES string of the molecule is CC(C)CC(CO)NC1CCCc2c1cnn2C. The second kappa shape index (κ2) is 5.85. The Kier molecular flexibility index (Phi) is 4.40. The van der Waals surface area contributed by atoms with Crippen LogP contribution in [0, 0.1) is 5.92 Å². The molecule has 0 fully saturated rings. The second-order valence-electron chi connectivity index (χ2n) is 5.79. The minimum absolute atomic E-state index is 0.196. The van der Waals surface area contributed by atoms with Gasteiger partial charge in [0.05, 0.1) is 12.8 Å². The van der Waals surface area contributed by atoms with Gasteiger partial charge in [-0.3, -0.25) is 4.68 Å². The molecule has 0 aliphatic heterocycles. The first-order chi connectivity index (χ1) is 8.61. The predicted molar refractivity (Wildman–Crippen MR) is 72.4 cm³/mol. The summed E-state index contributed by atoms with van der Waals surface area (Å²) in [5, 5.41) is 17.4. The number of rotatable bonds is 5. The number of aliphatic hydroxyl groups is 1. The normalized spacial score (nSPS) is 21.1. The summed E-state index contributed by atoms with van der Waals surface area (Å²) < 4.78 is 1.99. The van der Waals surface area contributed by atoms with Crippen LogP contribution in [0.15, 0.2) is 6.20 Å². The maximum absolute atomic E-state index is 9.48. The summed E-state index contributed by atoms with van der Waals surface area (Å²) in [5.41, 5.74) is 2.67. The highest BCUT2D eigenvalue weighted by atomic mass is 16.3. The van der Waals surface area contributed by atoms with Crippen molar-refractivity contribution in [2.45, 2.75) is 51.6 Å². The van der Waals surface area contributed by atoms with Crippen molar-refractivity contribution in [2.75, 3.05) is 6.61 Å². The number of nitrogens with one attached hydrogen (secondary N) is 1. The zero-order valence-electron chi connectivity index (χ0n) is 11.7. The number of aryl methyl sites for hydroxylation is 1. The summed E-state index contributed by atoms with van der Waals surface area (Å²) >= 11 is 0. The molecule has 0 saturated heterocycles. The molecular weight excluding hydrogens is 226 g/mol. The maximum atomic E-state index is 9.48. The number of aliphatic hydroxyl groups excluding tert-OH is 1. The third-order valence-electron chi connectivity index (χ3n) is 3.79. The van der Waals surface area contributed by atoms with Crippen molar-refractivity contribution in [2.24, 2.45) is 13.0 Å². The fourth-order valence-electron chi connectivity index (χ4n) is 2.93. The molecule has 4 nitrogen and oxygen atoms in total. The molecule has 0 amide bonds. The number of fused-ring (bicyclic) bond motifs is 1. The first-order valence-electron chi connectivity index (χ1n) is 6.99. The second-order valence-corrected chi connectivity index (χ2v) is 5.79.